The number of rotatable bonds is 4. The Bertz CT molecular complexity index is 2820. The molecule has 7 aromatic carbocycles. The number of fused-ring (bicyclic) bond motifs is 7. The molecule has 5 heteroatoms. The average molecular weight is 693 g/mol. The molecule has 4 heterocycles. The maximum Gasteiger partial charge on any atom is 0.252 e. The van der Waals surface area contributed by atoms with E-state index in [0.717, 1.165) is 55.7 Å². The Hall–Kier alpha value is -6.85. The van der Waals surface area contributed by atoms with Crippen LogP contribution in [-0.4, -0.2) is 6.71 Å². The predicted molar refractivity (Wildman–Crippen MR) is 225 cm³/mol. The van der Waals surface area contributed by atoms with E-state index in [2.05, 4.69) is 198 Å². The molecule has 0 aliphatic carbocycles. The summed E-state index contributed by atoms with van der Waals surface area (Å²) in [5.41, 5.74) is 18.6. The molecule has 2 aliphatic rings. The summed E-state index contributed by atoms with van der Waals surface area (Å²) < 4.78 is 8.79. The number of hydrogen-bond acceptors (Lipinski definition) is 3. The first-order valence-corrected chi connectivity index (χ1v) is 18.6. The summed E-state index contributed by atoms with van der Waals surface area (Å²) in [6.07, 6.45) is 2.27. The van der Waals surface area contributed by atoms with Crippen LogP contribution in [0, 0.1) is 6.92 Å². The molecule has 0 saturated heterocycles. The van der Waals surface area contributed by atoms with E-state index in [0.29, 0.717) is 0 Å². The van der Waals surface area contributed by atoms with Crippen LogP contribution in [0.15, 0.2) is 180 Å². The molecule has 0 spiro atoms. The fourth-order valence-electron chi connectivity index (χ4n) is 9.02. The minimum Gasteiger partial charge on any atom is -0.455 e. The molecule has 11 rings (SSSR count). The lowest BCUT2D eigenvalue weighted by atomic mass is 9.33. The van der Waals surface area contributed by atoms with Gasteiger partial charge in [0.1, 0.15) is 18.2 Å². The molecule has 9 aromatic rings. The molecule has 254 valence electrons. The highest BCUT2D eigenvalue weighted by Gasteiger charge is 2.43. The van der Waals surface area contributed by atoms with Crippen LogP contribution in [-0.2, 0) is 7.05 Å². The Labute approximate surface area is 314 Å². The standard InChI is InChI=1S/C49H35BN3O/c1-32-25-27-38-37-19-9-14-24-46(37)54-49(38)47(32)43-28-26-33(31-51(43)2)34-29-44-48-45(30-34)53(36-17-7-4-8-18-36)42-23-13-11-21-40(42)50(48)39-20-10-12-22-41(39)52(44)35-15-5-3-6-16-35/h3-31H,1-2H3/q+1. The molecule has 0 amide bonds. The first kappa shape index (κ1) is 30.8. The number of para-hydroxylation sites is 5. The summed E-state index contributed by atoms with van der Waals surface area (Å²) in [7, 11) is 2.15. The van der Waals surface area contributed by atoms with E-state index in [1.165, 1.54) is 44.7 Å². The third-order valence-electron chi connectivity index (χ3n) is 11.4. The van der Waals surface area contributed by atoms with E-state index in [-0.39, 0.29) is 6.71 Å². The number of aromatic nitrogens is 1. The minimum atomic E-state index is 0.0853. The molecule has 0 atom stereocenters. The average Bonchev–Trinajstić information content (AvgIpc) is 3.60. The van der Waals surface area contributed by atoms with Gasteiger partial charge in [-0.05, 0) is 95.1 Å². The number of aryl methyl sites for hydroxylation is 2. The largest absolute Gasteiger partial charge is 0.455 e. The quantitative estimate of drug-likeness (QED) is 0.136. The van der Waals surface area contributed by atoms with Crippen molar-refractivity contribution in [3.8, 4) is 22.4 Å². The molecule has 0 unspecified atom stereocenters. The summed E-state index contributed by atoms with van der Waals surface area (Å²) >= 11 is 0. The highest BCUT2D eigenvalue weighted by molar-refractivity contribution is 7.00. The zero-order valence-corrected chi connectivity index (χ0v) is 30.1. The third kappa shape index (κ3) is 4.48. The molecule has 2 aromatic heterocycles. The number of benzene rings is 7. The Balaban J connectivity index is 1.16. The van der Waals surface area contributed by atoms with Gasteiger partial charge < -0.3 is 14.2 Å². The van der Waals surface area contributed by atoms with Crippen molar-refractivity contribution >= 4 is 79.2 Å². The fourth-order valence-corrected chi connectivity index (χ4v) is 9.02. The lowest BCUT2D eigenvalue weighted by Gasteiger charge is -2.44. The van der Waals surface area contributed by atoms with E-state index >= 15 is 0 Å². The van der Waals surface area contributed by atoms with Crippen molar-refractivity contribution in [3.63, 3.8) is 0 Å². The molecule has 0 saturated carbocycles. The van der Waals surface area contributed by atoms with Gasteiger partial charge in [-0.15, -0.1) is 0 Å². The van der Waals surface area contributed by atoms with Gasteiger partial charge in [-0.25, -0.2) is 4.57 Å². The topological polar surface area (TPSA) is 23.5 Å². The zero-order chi connectivity index (χ0) is 35.9. The summed E-state index contributed by atoms with van der Waals surface area (Å²) in [5, 5.41) is 2.28. The summed E-state index contributed by atoms with van der Waals surface area (Å²) in [6.45, 7) is 2.26. The van der Waals surface area contributed by atoms with E-state index in [1.54, 1.807) is 0 Å². The molecule has 4 nitrogen and oxygen atoms in total. The Kier molecular flexibility index (Phi) is 6.74. The summed E-state index contributed by atoms with van der Waals surface area (Å²) in [5.74, 6) is 0. The monoisotopic (exact) mass is 692 g/mol. The van der Waals surface area contributed by atoms with Gasteiger partial charge in [0.2, 0.25) is 5.69 Å². The molecule has 0 radical (unpaired) electrons. The minimum absolute atomic E-state index is 0.0853. The lowest BCUT2D eigenvalue weighted by Crippen LogP contribution is -2.61. The molecule has 54 heavy (non-hydrogen) atoms. The maximum absolute atomic E-state index is 6.54. The van der Waals surface area contributed by atoms with Gasteiger partial charge in [-0.1, -0.05) is 103 Å². The second-order valence-electron chi connectivity index (χ2n) is 14.5. The Morgan fingerprint density at radius 1 is 0.519 bits per heavy atom. The van der Waals surface area contributed by atoms with Gasteiger partial charge in [-0.3, -0.25) is 0 Å². The van der Waals surface area contributed by atoms with Gasteiger partial charge in [0.15, 0.2) is 6.20 Å². The number of nitrogens with zero attached hydrogens (tertiary/aromatic N) is 3. The molecular formula is C49H35BN3O+. The van der Waals surface area contributed by atoms with Crippen molar-refractivity contribution in [2.75, 3.05) is 9.80 Å². The molecule has 0 fully saturated rings. The first-order valence-electron chi connectivity index (χ1n) is 18.6. The maximum atomic E-state index is 6.54. The van der Waals surface area contributed by atoms with E-state index in [4.69, 9.17) is 4.42 Å². The molecule has 2 aliphatic heterocycles. The SMILES string of the molecule is Cc1ccc2c(oc3ccccc32)c1-c1ccc(-c2cc3c4c(c2)N(c2ccccc2)c2ccccc2B4c2ccccc2N3c2ccccc2)c[n+]1C. The Morgan fingerprint density at radius 2 is 1.09 bits per heavy atom. The van der Waals surface area contributed by atoms with Crippen LogP contribution in [0.5, 0.6) is 0 Å². The fraction of sp³-hybridized carbons (Fsp3) is 0.0408. The highest BCUT2D eigenvalue weighted by atomic mass is 16.3. The van der Waals surface area contributed by atoms with Gasteiger partial charge >= 0.3 is 0 Å². The Morgan fingerprint density at radius 3 is 1.72 bits per heavy atom. The van der Waals surface area contributed by atoms with E-state index in [1.807, 2.05) is 6.07 Å². The zero-order valence-electron chi connectivity index (χ0n) is 30.1. The number of furan rings is 1. The van der Waals surface area contributed by atoms with Gasteiger partial charge in [0, 0.05) is 56.5 Å². The molecule has 0 bridgehead atoms. The van der Waals surface area contributed by atoms with Crippen LogP contribution < -0.4 is 30.8 Å². The van der Waals surface area contributed by atoms with Gasteiger partial charge in [-0.2, -0.15) is 0 Å². The smallest absolute Gasteiger partial charge is 0.252 e. The van der Waals surface area contributed by atoms with Crippen LogP contribution >= 0.6 is 0 Å². The highest BCUT2D eigenvalue weighted by Crippen LogP contribution is 2.46. The van der Waals surface area contributed by atoms with Crippen LogP contribution in [0.1, 0.15) is 5.56 Å². The number of anilines is 6. The van der Waals surface area contributed by atoms with Crippen LogP contribution in [0.4, 0.5) is 34.1 Å². The van der Waals surface area contributed by atoms with Gasteiger partial charge in [0.05, 0.1) is 5.56 Å². The predicted octanol–water partition coefficient (Wildman–Crippen LogP) is 10.1. The van der Waals surface area contributed by atoms with Crippen LogP contribution in [0.3, 0.4) is 0 Å². The van der Waals surface area contributed by atoms with Crippen molar-refractivity contribution in [1.82, 2.24) is 0 Å². The summed E-state index contributed by atoms with van der Waals surface area (Å²) in [4.78, 5) is 4.93. The number of pyridine rings is 1. The van der Waals surface area contributed by atoms with E-state index < -0.39 is 0 Å². The van der Waals surface area contributed by atoms with Crippen LogP contribution in [0.25, 0.3) is 44.3 Å². The van der Waals surface area contributed by atoms with Crippen molar-refractivity contribution in [1.29, 1.82) is 0 Å². The van der Waals surface area contributed by atoms with E-state index in [9.17, 15) is 0 Å². The van der Waals surface area contributed by atoms with Crippen molar-refractivity contribution in [3.05, 3.63) is 182 Å². The van der Waals surface area contributed by atoms with Crippen LogP contribution in [0.2, 0.25) is 0 Å². The first-order chi connectivity index (χ1) is 26.6. The molecule has 0 N–H and O–H groups in total. The normalized spacial score (nSPS) is 12.9. The second-order valence-corrected chi connectivity index (χ2v) is 14.5. The lowest BCUT2D eigenvalue weighted by molar-refractivity contribution is -0.659. The molecular weight excluding hydrogens is 657 g/mol. The second kappa shape index (κ2) is 11.8. The van der Waals surface area contributed by atoms with Crippen molar-refractivity contribution in [2.24, 2.45) is 7.05 Å². The van der Waals surface area contributed by atoms with Crippen molar-refractivity contribution < 1.29 is 8.98 Å². The number of hydrogen-bond donors (Lipinski definition) is 0. The van der Waals surface area contributed by atoms with Gasteiger partial charge in [0.25, 0.3) is 6.71 Å². The summed E-state index contributed by atoms with van der Waals surface area (Å²) in [6, 6.07) is 61.5. The third-order valence-corrected chi connectivity index (χ3v) is 11.4. The van der Waals surface area contributed by atoms with Crippen molar-refractivity contribution in [2.45, 2.75) is 6.92 Å².